The van der Waals surface area contributed by atoms with E-state index < -0.39 is 0 Å². The summed E-state index contributed by atoms with van der Waals surface area (Å²) in [5.74, 6) is 1.30. The number of nitrogens with one attached hydrogen (secondary N) is 2. The molecule has 0 radical (unpaired) electrons. The number of imide groups is 1. The van der Waals surface area contributed by atoms with Gasteiger partial charge in [-0.25, -0.2) is 0 Å². The average Bonchev–Trinajstić information content (AvgIpc) is 3.47. The molecule has 3 fully saturated rings. The van der Waals surface area contributed by atoms with Crippen molar-refractivity contribution in [2.45, 2.75) is 38.6 Å². The number of nitrogens with zero attached hydrogens (tertiary/aromatic N) is 3. The number of likely N-dealkylation sites (N-methyl/N-ethyl adjacent to an activating group) is 1. The van der Waals surface area contributed by atoms with Crippen molar-refractivity contribution >= 4 is 17.8 Å². The minimum atomic E-state index is -0.0854. The van der Waals surface area contributed by atoms with E-state index in [1.54, 1.807) is 7.05 Å². The van der Waals surface area contributed by atoms with Gasteiger partial charge < -0.3 is 10.6 Å². The Morgan fingerprint density at radius 1 is 1.18 bits per heavy atom. The largest absolute Gasteiger partial charge is 0.356 e. The molecule has 5 atom stereocenters. The van der Waals surface area contributed by atoms with E-state index in [9.17, 15) is 9.59 Å². The lowest BCUT2D eigenvalue weighted by Crippen LogP contribution is -2.45. The summed E-state index contributed by atoms with van der Waals surface area (Å²) in [5.41, 5.74) is 0. The van der Waals surface area contributed by atoms with Crippen LogP contribution in [0.5, 0.6) is 0 Å². The molecule has 0 aromatic rings. The number of fused-ring (bicyclic) bond motifs is 5. The van der Waals surface area contributed by atoms with Crippen LogP contribution in [0.1, 0.15) is 32.6 Å². The fourth-order valence-corrected chi connectivity index (χ4v) is 5.61. The molecule has 154 valence electrons. The molecule has 7 heteroatoms. The van der Waals surface area contributed by atoms with Crippen molar-refractivity contribution < 1.29 is 9.59 Å². The first-order valence-corrected chi connectivity index (χ1v) is 10.9. The highest BCUT2D eigenvalue weighted by Crippen LogP contribution is 2.52. The van der Waals surface area contributed by atoms with E-state index in [4.69, 9.17) is 0 Å². The zero-order valence-corrected chi connectivity index (χ0v) is 17.1. The van der Waals surface area contributed by atoms with Gasteiger partial charge in [-0.1, -0.05) is 19.1 Å². The molecule has 2 N–H and O–H groups in total. The van der Waals surface area contributed by atoms with Gasteiger partial charge in [0.25, 0.3) is 0 Å². The Morgan fingerprint density at radius 3 is 2.54 bits per heavy atom. The lowest BCUT2D eigenvalue weighted by Gasteiger charge is -2.24. The van der Waals surface area contributed by atoms with Crippen LogP contribution in [0.2, 0.25) is 0 Å². The first kappa shape index (κ1) is 19.4. The Balaban J connectivity index is 1.19. The summed E-state index contributed by atoms with van der Waals surface area (Å²) in [7, 11) is 1.78. The standard InChI is InChI=1S/C21H33N5O2/c1-3-25-10-4-6-16(25)13-24-21(22-2)23-9-5-11-26-19(27)17-14-7-8-15(12-14)18(17)20(26)28/h7-8,14-18H,3-6,9-13H2,1-2H3,(H2,22,23,24). The monoisotopic (exact) mass is 387 g/mol. The van der Waals surface area contributed by atoms with Gasteiger partial charge >= 0.3 is 0 Å². The number of guanidine groups is 1. The molecule has 4 aliphatic rings. The van der Waals surface area contributed by atoms with Crippen molar-refractivity contribution in [3.05, 3.63) is 12.2 Å². The van der Waals surface area contributed by atoms with Crippen LogP contribution < -0.4 is 10.6 Å². The number of aliphatic imine (C=N–C) groups is 1. The second-order valence-electron chi connectivity index (χ2n) is 8.49. The quantitative estimate of drug-likeness (QED) is 0.223. The maximum atomic E-state index is 12.7. The Kier molecular flexibility index (Phi) is 5.71. The second kappa shape index (κ2) is 8.23. The van der Waals surface area contributed by atoms with Crippen molar-refractivity contribution in [3.8, 4) is 0 Å². The predicted octanol–water partition coefficient (Wildman–Crippen LogP) is 0.833. The summed E-state index contributed by atoms with van der Waals surface area (Å²) >= 11 is 0. The van der Waals surface area contributed by atoms with Crippen molar-refractivity contribution in [3.63, 3.8) is 0 Å². The van der Waals surface area contributed by atoms with Gasteiger partial charge in [0.05, 0.1) is 11.8 Å². The molecule has 1 saturated carbocycles. The number of hydrogen-bond donors (Lipinski definition) is 2. The SMILES string of the molecule is CCN1CCCC1CNC(=NC)NCCCN1C(=O)C2C3C=CC(C3)C2C1=O. The maximum Gasteiger partial charge on any atom is 0.233 e. The average molecular weight is 388 g/mol. The van der Waals surface area contributed by atoms with Crippen LogP contribution in [0.25, 0.3) is 0 Å². The van der Waals surface area contributed by atoms with Crippen LogP contribution >= 0.6 is 0 Å². The third kappa shape index (κ3) is 3.45. The van der Waals surface area contributed by atoms with Crippen molar-refractivity contribution in [1.82, 2.24) is 20.4 Å². The molecule has 5 unspecified atom stereocenters. The number of hydrogen-bond acceptors (Lipinski definition) is 4. The summed E-state index contributed by atoms with van der Waals surface area (Å²) in [5, 5.41) is 6.73. The molecule has 2 heterocycles. The molecular weight excluding hydrogens is 354 g/mol. The first-order chi connectivity index (χ1) is 13.6. The molecule has 7 nitrogen and oxygen atoms in total. The van der Waals surface area contributed by atoms with Gasteiger partial charge in [0.15, 0.2) is 5.96 Å². The lowest BCUT2D eigenvalue weighted by molar-refractivity contribution is -0.140. The van der Waals surface area contributed by atoms with Crippen molar-refractivity contribution in [2.75, 3.05) is 39.8 Å². The normalized spacial score (nSPS) is 34.6. The zero-order chi connectivity index (χ0) is 19.7. The fraction of sp³-hybridized carbons (Fsp3) is 0.762. The van der Waals surface area contributed by atoms with Gasteiger partial charge in [0.2, 0.25) is 11.8 Å². The molecule has 2 aliphatic heterocycles. The van der Waals surface area contributed by atoms with Crippen molar-refractivity contribution in [1.29, 1.82) is 0 Å². The summed E-state index contributed by atoms with van der Waals surface area (Å²) in [6, 6.07) is 0.576. The summed E-state index contributed by atoms with van der Waals surface area (Å²) in [6.45, 7) is 6.58. The number of allylic oxidation sites excluding steroid dienone is 2. The minimum absolute atomic E-state index is 0.0512. The summed E-state index contributed by atoms with van der Waals surface area (Å²) in [6.07, 6.45) is 8.51. The second-order valence-corrected chi connectivity index (χ2v) is 8.49. The summed E-state index contributed by atoms with van der Waals surface area (Å²) < 4.78 is 0. The van der Waals surface area contributed by atoms with Gasteiger partial charge in [0, 0.05) is 32.7 Å². The third-order valence-electron chi connectivity index (χ3n) is 7.05. The van der Waals surface area contributed by atoms with Crippen LogP contribution in [0.15, 0.2) is 17.1 Å². The summed E-state index contributed by atoms with van der Waals surface area (Å²) in [4.78, 5) is 33.7. The third-order valence-corrected chi connectivity index (χ3v) is 7.05. The number of rotatable bonds is 7. The Hall–Kier alpha value is -1.89. The first-order valence-electron chi connectivity index (χ1n) is 10.9. The van der Waals surface area contributed by atoms with Crippen LogP contribution in [0.4, 0.5) is 0 Å². The van der Waals surface area contributed by atoms with E-state index >= 15 is 0 Å². The van der Waals surface area contributed by atoms with E-state index in [1.165, 1.54) is 24.3 Å². The molecule has 0 aromatic heterocycles. The molecule has 2 aliphatic carbocycles. The van der Waals surface area contributed by atoms with Gasteiger partial charge in [-0.15, -0.1) is 0 Å². The lowest BCUT2D eigenvalue weighted by atomic mass is 9.85. The van der Waals surface area contributed by atoms with E-state index in [-0.39, 0.29) is 35.5 Å². The smallest absolute Gasteiger partial charge is 0.233 e. The van der Waals surface area contributed by atoms with E-state index in [0.717, 1.165) is 31.9 Å². The van der Waals surface area contributed by atoms with Crippen LogP contribution in [-0.4, -0.2) is 73.4 Å². The Labute approximate surface area is 167 Å². The molecule has 4 rings (SSSR count). The molecule has 2 saturated heterocycles. The highest BCUT2D eigenvalue weighted by molar-refractivity contribution is 6.06. The minimum Gasteiger partial charge on any atom is -0.356 e. The van der Waals surface area contributed by atoms with Gasteiger partial charge in [-0.3, -0.25) is 24.4 Å². The van der Waals surface area contributed by atoms with Gasteiger partial charge in [0.1, 0.15) is 0 Å². The zero-order valence-electron chi connectivity index (χ0n) is 17.1. The fourth-order valence-electron chi connectivity index (χ4n) is 5.61. The molecular formula is C21H33N5O2. The van der Waals surface area contributed by atoms with E-state index in [0.29, 0.717) is 19.1 Å². The number of carbonyl (C=O) groups is 2. The van der Waals surface area contributed by atoms with Gasteiger partial charge in [-0.05, 0) is 50.6 Å². The Bertz CT molecular complexity index is 646. The molecule has 2 bridgehead atoms. The predicted molar refractivity (Wildman–Crippen MR) is 109 cm³/mol. The number of likely N-dealkylation sites (tertiary alicyclic amines) is 2. The number of amides is 2. The van der Waals surface area contributed by atoms with Crippen molar-refractivity contribution in [2.24, 2.45) is 28.7 Å². The van der Waals surface area contributed by atoms with E-state index in [1.807, 2.05) is 0 Å². The molecule has 2 amide bonds. The van der Waals surface area contributed by atoms with Crippen LogP contribution in [0.3, 0.4) is 0 Å². The van der Waals surface area contributed by atoms with Gasteiger partial charge in [-0.2, -0.15) is 0 Å². The topological polar surface area (TPSA) is 77.0 Å². The highest BCUT2D eigenvalue weighted by Gasteiger charge is 2.58. The maximum absolute atomic E-state index is 12.7. The number of carbonyl (C=O) groups excluding carboxylic acids is 2. The van der Waals surface area contributed by atoms with E-state index in [2.05, 4.69) is 39.6 Å². The molecule has 0 aromatic carbocycles. The molecule has 28 heavy (non-hydrogen) atoms. The highest BCUT2D eigenvalue weighted by atomic mass is 16.2. The Morgan fingerprint density at radius 2 is 1.89 bits per heavy atom. The molecule has 0 spiro atoms. The van der Waals surface area contributed by atoms with Crippen LogP contribution in [0, 0.1) is 23.7 Å². The van der Waals surface area contributed by atoms with Crippen LogP contribution in [-0.2, 0) is 9.59 Å².